The third-order valence-corrected chi connectivity index (χ3v) is 7.21. The van der Waals surface area contributed by atoms with Gasteiger partial charge in [0.25, 0.3) is 0 Å². The highest BCUT2D eigenvalue weighted by Gasteiger charge is 2.19. The van der Waals surface area contributed by atoms with E-state index in [0.29, 0.717) is 16.3 Å². The van der Waals surface area contributed by atoms with Gasteiger partial charge >= 0.3 is 0 Å². The molecule has 0 aromatic heterocycles. The lowest BCUT2D eigenvalue weighted by Gasteiger charge is -2.10. The molecule has 0 amide bonds. The number of anilines is 1. The largest absolute Gasteiger partial charge is 0.278 e. The van der Waals surface area contributed by atoms with Crippen LogP contribution in [-0.2, 0) is 19.9 Å². The number of aryl methyl sites for hydroxylation is 1. The van der Waals surface area contributed by atoms with Crippen molar-refractivity contribution in [3.8, 4) is 0 Å². The van der Waals surface area contributed by atoms with Crippen molar-refractivity contribution >= 4 is 42.9 Å². The molecule has 0 aliphatic carbocycles. The summed E-state index contributed by atoms with van der Waals surface area (Å²) in [6.45, 7) is 1.88. The maximum atomic E-state index is 12.9. The lowest BCUT2D eigenvalue weighted by Crippen LogP contribution is -2.19. The van der Waals surface area contributed by atoms with Gasteiger partial charge in [-0.1, -0.05) is 41.4 Å². The van der Waals surface area contributed by atoms with E-state index in [1.54, 1.807) is 48.5 Å². The molecule has 0 spiro atoms. The number of sulfonamides is 1. The Morgan fingerprint density at radius 3 is 1.97 bits per heavy atom. The first-order valence-corrected chi connectivity index (χ1v) is 12.6. The Balaban J connectivity index is 1.93. The molecule has 3 rings (SSSR count). The van der Waals surface area contributed by atoms with Crippen LogP contribution < -0.4 is 10.6 Å². The van der Waals surface area contributed by atoms with E-state index in [0.717, 1.165) is 5.56 Å². The minimum absolute atomic E-state index is 0.0399. The molecular weight excluding hydrogens is 458 g/mol. The van der Waals surface area contributed by atoms with Crippen LogP contribution in [0.3, 0.4) is 0 Å². The molecule has 7 nitrogen and oxygen atoms in total. The van der Waals surface area contributed by atoms with E-state index >= 15 is 0 Å². The summed E-state index contributed by atoms with van der Waals surface area (Å²) in [6.07, 6.45) is 0. The Morgan fingerprint density at radius 1 is 0.871 bits per heavy atom. The monoisotopic (exact) mass is 477 g/mol. The van der Waals surface area contributed by atoms with Gasteiger partial charge in [-0.25, -0.2) is 22.0 Å². The molecule has 3 aromatic rings. The molecule has 0 fully saturated rings. The van der Waals surface area contributed by atoms with Gasteiger partial charge in [-0.3, -0.25) is 5.43 Å². The highest BCUT2D eigenvalue weighted by molar-refractivity contribution is 7.92. The maximum Gasteiger partial charge on any atom is 0.238 e. The lowest BCUT2D eigenvalue weighted by atomic mass is 10.1. The number of halogens is 1. The predicted molar refractivity (Wildman–Crippen MR) is 123 cm³/mol. The van der Waals surface area contributed by atoms with Gasteiger partial charge in [0.1, 0.15) is 0 Å². The molecule has 3 aromatic carbocycles. The molecule has 0 saturated heterocycles. The zero-order valence-electron chi connectivity index (χ0n) is 16.5. The van der Waals surface area contributed by atoms with Gasteiger partial charge in [-0.2, -0.15) is 5.10 Å². The zero-order valence-corrected chi connectivity index (χ0v) is 18.9. The standard InChI is InChI=1S/C21H20ClN3O4S2/c1-15-2-10-19(11-3-15)30(26,27)14-21(16-4-6-17(22)7-5-16)25-24-18-8-12-20(13-9-18)31(23,28)29/h2-13,24H,14H2,1H3,(H2,23,28,29)/b25-21+. The number of nitrogens with zero attached hydrogens (tertiary/aromatic N) is 1. The summed E-state index contributed by atoms with van der Waals surface area (Å²) in [5.41, 5.74) is 5.04. The number of nitrogens with one attached hydrogen (secondary N) is 1. The summed E-state index contributed by atoms with van der Waals surface area (Å²) >= 11 is 5.95. The summed E-state index contributed by atoms with van der Waals surface area (Å²) in [5.74, 6) is -0.347. The van der Waals surface area contributed by atoms with Gasteiger partial charge in [0.05, 0.1) is 26.9 Å². The molecule has 3 N–H and O–H groups in total. The van der Waals surface area contributed by atoms with E-state index in [1.807, 2.05) is 6.92 Å². The Morgan fingerprint density at radius 2 is 1.42 bits per heavy atom. The molecular formula is C21H20ClN3O4S2. The van der Waals surface area contributed by atoms with E-state index in [9.17, 15) is 16.8 Å². The molecule has 0 heterocycles. The number of hydrazone groups is 1. The van der Waals surface area contributed by atoms with Gasteiger partial charge < -0.3 is 0 Å². The van der Waals surface area contributed by atoms with Gasteiger partial charge in [0.15, 0.2) is 9.84 Å². The van der Waals surface area contributed by atoms with Gasteiger partial charge in [-0.05, 0) is 61.0 Å². The van der Waals surface area contributed by atoms with Crippen LogP contribution in [0.25, 0.3) is 0 Å². The average molecular weight is 478 g/mol. The smallest absolute Gasteiger partial charge is 0.238 e. The molecule has 0 saturated carbocycles. The number of hydrogen-bond donors (Lipinski definition) is 2. The van der Waals surface area contributed by atoms with E-state index in [-0.39, 0.29) is 21.3 Å². The number of sulfone groups is 1. The Hall–Kier alpha value is -2.72. The second-order valence-electron chi connectivity index (χ2n) is 6.82. The van der Waals surface area contributed by atoms with Crippen molar-refractivity contribution in [1.29, 1.82) is 0 Å². The average Bonchev–Trinajstić information content (AvgIpc) is 2.72. The Kier molecular flexibility index (Phi) is 6.80. The molecule has 10 heteroatoms. The maximum absolute atomic E-state index is 12.9. The lowest BCUT2D eigenvalue weighted by molar-refractivity contribution is 0.596. The fourth-order valence-corrected chi connectivity index (χ4v) is 4.63. The van der Waals surface area contributed by atoms with Crippen molar-refractivity contribution in [2.75, 3.05) is 11.2 Å². The van der Waals surface area contributed by atoms with Gasteiger partial charge in [-0.15, -0.1) is 0 Å². The van der Waals surface area contributed by atoms with Crippen molar-refractivity contribution in [2.24, 2.45) is 10.2 Å². The molecule has 0 bridgehead atoms. The van der Waals surface area contributed by atoms with E-state index in [1.165, 1.54) is 24.3 Å². The Bertz CT molecular complexity index is 1300. The SMILES string of the molecule is Cc1ccc(S(=O)(=O)C/C(=N\Nc2ccc(S(N)(=O)=O)cc2)c2ccc(Cl)cc2)cc1. The molecule has 0 atom stereocenters. The normalized spacial score (nSPS) is 12.5. The Labute approximate surface area is 186 Å². The zero-order chi connectivity index (χ0) is 22.6. The third kappa shape index (κ3) is 6.14. The first-order valence-electron chi connectivity index (χ1n) is 9.05. The van der Waals surface area contributed by atoms with Crippen LogP contribution in [0.1, 0.15) is 11.1 Å². The fourth-order valence-electron chi connectivity index (χ4n) is 2.68. The highest BCUT2D eigenvalue weighted by atomic mass is 35.5. The molecule has 0 unspecified atom stereocenters. The van der Waals surface area contributed by atoms with Crippen molar-refractivity contribution in [2.45, 2.75) is 16.7 Å². The highest BCUT2D eigenvalue weighted by Crippen LogP contribution is 2.18. The topological polar surface area (TPSA) is 119 Å². The van der Waals surface area contributed by atoms with Crippen LogP contribution in [0.5, 0.6) is 0 Å². The van der Waals surface area contributed by atoms with Crippen LogP contribution in [0.4, 0.5) is 5.69 Å². The van der Waals surface area contributed by atoms with Crippen molar-refractivity contribution < 1.29 is 16.8 Å². The second-order valence-corrected chi connectivity index (χ2v) is 10.8. The van der Waals surface area contributed by atoms with Crippen LogP contribution in [-0.4, -0.2) is 28.3 Å². The summed E-state index contributed by atoms with van der Waals surface area (Å²) in [6, 6.07) is 18.9. The molecule has 31 heavy (non-hydrogen) atoms. The minimum Gasteiger partial charge on any atom is -0.278 e. The van der Waals surface area contributed by atoms with Crippen molar-refractivity contribution in [1.82, 2.24) is 0 Å². The van der Waals surface area contributed by atoms with Crippen LogP contribution in [0.15, 0.2) is 87.7 Å². The van der Waals surface area contributed by atoms with E-state index < -0.39 is 19.9 Å². The van der Waals surface area contributed by atoms with Crippen molar-refractivity contribution in [3.05, 3.63) is 88.9 Å². The van der Waals surface area contributed by atoms with Gasteiger partial charge in [0.2, 0.25) is 10.0 Å². The van der Waals surface area contributed by atoms with Gasteiger partial charge in [0, 0.05) is 5.02 Å². The molecule has 0 aliphatic heterocycles. The van der Waals surface area contributed by atoms with E-state index in [2.05, 4.69) is 10.5 Å². The molecule has 0 aliphatic rings. The second kappa shape index (κ2) is 9.19. The summed E-state index contributed by atoms with van der Waals surface area (Å²) < 4.78 is 48.7. The number of rotatable bonds is 7. The van der Waals surface area contributed by atoms with E-state index in [4.69, 9.17) is 16.7 Å². The summed E-state index contributed by atoms with van der Waals surface area (Å²) in [5, 5.41) is 9.89. The molecule has 162 valence electrons. The van der Waals surface area contributed by atoms with Crippen LogP contribution in [0.2, 0.25) is 5.02 Å². The molecule has 0 radical (unpaired) electrons. The third-order valence-electron chi connectivity index (χ3n) is 4.39. The summed E-state index contributed by atoms with van der Waals surface area (Å²) in [4.78, 5) is 0.152. The number of hydrogen-bond acceptors (Lipinski definition) is 6. The quantitative estimate of drug-likeness (QED) is 0.398. The first-order chi connectivity index (χ1) is 14.5. The number of benzene rings is 3. The fraction of sp³-hybridized carbons (Fsp3) is 0.0952. The first kappa shape index (κ1) is 23.0. The number of nitrogens with two attached hydrogens (primary N) is 1. The summed E-state index contributed by atoms with van der Waals surface area (Å²) in [7, 11) is -7.48. The number of primary sulfonamides is 1. The van der Waals surface area contributed by atoms with Crippen molar-refractivity contribution in [3.63, 3.8) is 0 Å². The van der Waals surface area contributed by atoms with Crippen LogP contribution in [0, 0.1) is 6.92 Å². The predicted octanol–water partition coefficient (Wildman–Crippen LogP) is 3.59. The minimum atomic E-state index is -3.81. The van der Waals surface area contributed by atoms with Crippen LogP contribution >= 0.6 is 11.6 Å².